The minimum absolute atomic E-state index is 0.164. The van der Waals surface area contributed by atoms with Crippen LogP contribution in [0.5, 0.6) is 11.5 Å². The van der Waals surface area contributed by atoms with E-state index in [-0.39, 0.29) is 6.61 Å². The lowest BCUT2D eigenvalue weighted by atomic mass is 9.91. The molecule has 1 saturated heterocycles. The Hall–Kier alpha value is -1.64. The summed E-state index contributed by atoms with van der Waals surface area (Å²) in [7, 11) is 1.56. The van der Waals surface area contributed by atoms with Gasteiger partial charge in [0.05, 0.1) is 18.8 Å². The van der Waals surface area contributed by atoms with E-state index < -0.39 is 18.0 Å². The van der Waals surface area contributed by atoms with Crippen LogP contribution in [-0.2, 0) is 21.7 Å². The van der Waals surface area contributed by atoms with Crippen LogP contribution >= 0.6 is 15.9 Å². The highest BCUT2D eigenvalue weighted by molar-refractivity contribution is 9.10. The molecule has 0 bridgehead atoms. The number of aliphatic hydroxyl groups is 2. The van der Waals surface area contributed by atoms with Crippen LogP contribution in [0.1, 0.15) is 29.5 Å². The van der Waals surface area contributed by atoms with E-state index in [1.165, 1.54) is 0 Å². The number of ether oxygens (including phenoxy) is 4. The Bertz CT molecular complexity index is 872. The highest BCUT2D eigenvalue weighted by Gasteiger charge is 2.43. The summed E-state index contributed by atoms with van der Waals surface area (Å²) < 4.78 is 24.1. The zero-order chi connectivity index (χ0) is 20.4. The first-order valence-corrected chi connectivity index (χ1v) is 10.5. The van der Waals surface area contributed by atoms with Crippen LogP contribution in [0, 0.1) is 0 Å². The molecule has 6 nitrogen and oxygen atoms in total. The molecule has 156 valence electrons. The third-order valence-electron chi connectivity index (χ3n) is 5.42. The summed E-state index contributed by atoms with van der Waals surface area (Å²) in [5.41, 5.74) is 2.96. The summed E-state index contributed by atoms with van der Waals surface area (Å²) in [4.78, 5) is 0. The lowest BCUT2D eigenvalue weighted by Crippen LogP contribution is -2.46. The zero-order valence-electron chi connectivity index (χ0n) is 16.3. The van der Waals surface area contributed by atoms with Crippen LogP contribution in [0.4, 0.5) is 0 Å². The minimum Gasteiger partial charge on any atom is -0.486 e. The van der Waals surface area contributed by atoms with Gasteiger partial charge in [-0.25, -0.2) is 0 Å². The molecular weight excluding hydrogens is 440 g/mol. The van der Waals surface area contributed by atoms with Crippen molar-refractivity contribution in [3.63, 3.8) is 0 Å². The van der Waals surface area contributed by atoms with Gasteiger partial charge in [-0.3, -0.25) is 0 Å². The maximum Gasteiger partial charge on any atom is 0.197 e. The molecule has 2 aliphatic rings. The average Bonchev–Trinajstić information content (AvgIpc) is 2.74. The molecule has 7 heteroatoms. The van der Waals surface area contributed by atoms with E-state index in [1.54, 1.807) is 7.11 Å². The normalized spacial score (nSPS) is 26.3. The van der Waals surface area contributed by atoms with E-state index in [4.69, 9.17) is 18.9 Å². The van der Waals surface area contributed by atoms with Gasteiger partial charge in [-0.1, -0.05) is 28.1 Å². The van der Waals surface area contributed by atoms with Gasteiger partial charge in [0.1, 0.15) is 13.2 Å². The van der Waals surface area contributed by atoms with Gasteiger partial charge in [-0.2, -0.15) is 0 Å². The summed E-state index contributed by atoms with van der Waals surface area (Å²) >= 11 is 3.64. The first-order valence-electron chi connectivity index (χ1n) is 9.72. The molecule has 0 spiro atoms. The molecule has 4 rings (SSSR count). The van der Waals surface area contributed by atoms with Crippen LogP contribution < -0.4 is 9.47 Å². The summed E-state index contributed by atoms with van der Waals surface area (Å²) in [6.07, 6.45) is 0.304. The molecule has 1 fully saturated rings. The smallest absolute Gasteiger partial charge is 0.197 e. The molecule has 2 aromatic rings. The third kappa shape index (κ3) is 4.29. The molecule has 2 N–H and O–H groups in total. The average molecular weight is 465 g/mol. The quantitative estimate of drug-likeness (QED) is 0.707. The van der Waals surface area contributed by atoms with E-state index in [0.29, 0.717) is 32.5 Å². The Balaban J connectivity index is 1.63. The van der Waals surface area contributed by atoms with E-state index in [9.17, 15) is 10.2 Å². The lowest BCUT2D eigenvalue weighted by molar-refractivity contribution is -0.298. The first kappa shape index (κ1) is 20.6. The van der Waals surface area contributed by atoms with Crippen molar-refractivity contribution >= 4 is 15.9 Å². The van der Waals surface area contributed by atoms with Crippen LogP contribution in [0.2, 0.25) is 0 Å². The maximum atomic E-state index is 10.3. The maximum absolute atomic E-state index is 10.3. The van der Waals surface area contributed by atoms with E-state index in [2.05, 4.69) is 15.9 Å². The van der Waals surface area contributed by atoms with Crippen LogP contribution in [0.15, 0.2) is 40.9 Å². The Morgan fingerprint density at radius 1 is 1.14 bits per heavy atom. The Kier molecular flexibility index (Phi) is 6.13. The molecule has 0 aromatic heterocycles. The topological polar surface area (TPSA) is 77.4 Å². The van der Waals surface area contributed by atoms with Crippen molar-refractivity contribution in [1.82, 2.24) is 0 Å². The van der Waals surface area contributed by atoms with Crippen LogP contribution in [0.3, 0.4) is 0 Å². The highest BCUT2D eigenvalue weighted by Crippen LogP contribution is 2.40. The zero-order valence-corrected chi connectivity index (χ0v) is 17.9. The van der Waals surface area contributed by atoms with E-state index >= 15 is 0 Å². The SMILES string of the molecule is COC1(c2ccc(Br)c(Cc3ccc4c(c3)OCCO4)c2)C[C@@H](O)C[C@@H](CO)O1. The molecule has 2 heterocycles. The molecular formula is C22H25BrO6. The first-order chi connectivity index (χ1) is 14.0. The van der Waals surface area contributed by atoms with Gasteiger partial charge < -0.3 is 29.2 Å². The minimum atomic E-state index is -1.09. The summed E-state index contributed by atoms with van der Waals surface area (Å²) in [6.45, 7) is 0.958. The summed E-state index contributed by atoms with van der Waals surface area (Å²) in [6, 6.07) is 11.9. The summed E-state index contributed by atoms with van der Waals surface area (Å²) in [5.74, 6) is 0.442. The van der Waals surface area contributed by atoms with E-state index in [1.807, 2.05) is 36.4 Å². The van der Waals surface area contributed by atoms with Gasteiger partial charge in [0, 0.05) is 30.0 Å². The molecule has 0 saturated carbocycles. The van der Waals surface area contributed by atoms with Crippen molar-refractivity contribution < 1.29 is 29.2 Å². The Labute approximate surface area is 178 Å². The Morgan fingerprint density at radius 2 is 1.93 bits per heavy atom. The van der Waals surface area contributed by atoms with Crippen molar-refractivity contribution in [3.05, 3.63) is 57.6 Å². The predicted molar refractivity (Wildman–Crippen MR) is 110 cm³/mol. The predicted octanol–water partition coefficient (Wildman–Crippen LogP) is 3.14. The van der Waals surface area contributed by atoms with Gasteiger partial charge in [0.15, 0.2) is 17.3 Å². The molecule has 0 radical (unpaired) electrons. The molecule has 1 unspecified atom stereocenters. The number of hydrogen-bond donors (Lipinski definition) is 2. The fourth-order valence-electron chi connectivity index (χ4n) is 3.97. The third-order valence-corrected chi connectivity index (χ3v) is 6.19. The molecule has 2 aliphatic heterocycles. The van der Waals surface area contributed by atoms with Crippen molar-refractivity contribution in [3.8, 4) is 11.5 Å². The van der Waals surface area contributed by atoms with Gasteiger partial charge in [-0.15, -0.1) is 0 Å². The fourth-order valence-corrected chi connectivity index (χ4v) is 4.36. The van der Waals surface area contributed by atoms with Gasteiger partial charge >= 0.3 is 0 Å². The van der Waals surface area contributed by atoms with Crippen LogP contribution in [0.25, 0.3) is 0 Å². The number of halogens is 1. The molecule has 0 amide bonds. The second-order valence-electron chi connectivity index (χ2n) is 7.43. The monoisotopic (exact) mass is 464 g/mol. The molecule has 29 heavy (non-hydrogen) atoms. The number of rotatable bonds is 5. The second-order valence-corrected chi connectivity index (χ2v) is 8.29. The second kappa shape index (κ2) is 8.62. The van der Waals surface area contributed by atoms with Crippen molar-refractivity contribution in [1.29, 1.82) is 0 Å². The molecule has 0 aliphatic carbocycles. The fraction of sp³-hybridized carbons (Fsp3) is 0.455. The number of methoxy groups -OCH3 is 1. The lowest BCUT2D eigenvalue weighted by Gasteiger charge is -2.42. The van der Waals surface area contributed by atoms with Gasteiger partial charge in [0.25, 0.3) is 0 Å². The number of fused-ring (bicyclic) bond motifs is 1. The van der Waals surface area contributed by atoms with Crippen molar-refractivity contribution in [2.24, 2.45) is 0 Å². The highest BCUT2D eigenvalue weighted by atomic mass is 79.9. The standard InChI is InChI=1S/C22H25BrO6/c1-26-22(12-17(25)11-18(13-24)29-22)16-3-4-19(23)15(10-16)8-14-2-5-20-21(9-14)28-7-6-27-20/h2-5,9-10,17-18,24-25H,6-8,11-13H2,1H3/t17-,18-,22?/m0/s1. The van der Waals surface area contributed by atoms with Crippen molar-refractivity contribution in [2.75, 3.05) is 26.9 Å². The summed E-state index contributed by atoms with van der Waals surface area (Å²) in [5, 5.41) is 19.9. The molecule has 2 aromatic carbocycles. The van der Waals surface area contributed by atoms with Gasteiger partial charge in [0.2, 0.25) is 0 Å². The van der Waals surface area contributed by atoms with Crippen molar-refractivity contribution in [2.45, 2.75) is 37.3 Å². The number of aliphatic hydroxyl groups excluding tert-OH is 2. The number of benzene rings is 2. The van der Waals surface area contributed by atoms with Gasteiger partial charge in [-0.05, 0) is 41.8 Å². The Morgan fingerprint density at radius 3 is 2.69 bits per heavy atom. The largest absolute Gasteiger partial charge is 0.486 e. The van der Waals surface area contributed by atoms with Crippen LogP contribution in [-0.4, -0.2) is 49.4 Å². The number of hydrogen-bond acceptors (Lipinski definition) is 6. The van der Waals surface area contributed by atoms with E-state index in [0.717, 1.165) is 32.7 Å². The molecule has 3 atom stereocenters.